The van der Waals surface area contributed by atoms with Gasteiger partial charge < -0.3 is 9.88 Å². The van der Waals surface area contributed by atoms with Crippen molar-refractivity contribution in [3.63, 3.8) is 0 Å². The van der Waals surface area contributed by atoms with E-state index in [-0.39, 0.29) is 5.75 Å². The van der Waals surface area contributed by atoms with Crippen LogP contribution in [0.15, 0.2) is 23.1 Å². The van der Waals surface area contributed by atoms with E-state index in [0.29, 0.717) is 11.4 Å². The van der Waals surface area contributed by atoms with Crippen molar-refractivity contribution in [2.24, 2.45) is 7.05 Å². The zero-order valence-electron chi connectivity index (χ0n) is 10.8. The van der Waals surface area contributed by atoms with Crippen molar-refractivity contribution in [2.45, 2.75) is 11.8 Å². The lowest BCUT2D eigenvalue weighted by molar-refractivity contribution is 0.593. The van der Waals surface area contributed by atoms with Gasteiger partial charge in [0.2, 0.25) is 0 Å². The molecule has 0 spiro atoms. The van der Waals surface area contributed by atoms with E-state index in [1.165, 1.54) is 0 Å². The van der Waals surface area contributed by atoms with Crippen LogP contribution in [-0.2, 0) is 16.9 Å². The number of sulfone groups is 1. The highest BCUT2D eigenvalue weighted by molar-refractivity contribution is 7.91. The van der Waals surface area contributed by atoms with E-state index in [0.717, 1.165) is 16.9 Å². The molecule has 98 valence electrons. The Kier molecular flexibility index (Phi) is 3.41. The molecule has 0 amide bonds. The number of aryl methyl sites for hydroxylation is 2. The Balaban J connectivity index is 2.47. The summed E-state index contributed by atoms with van der Waals surface area (Å²) in [6, 6.07) is 5.10. The van der Waals surface area contributed by atoms with Crippen molar-refractivity contribution in [2.75, 3.05) is 19.3 Å². The number of nitrogens with one attached hydrogen (secondary N) is 1. The van der Waals surface area contributed by atoms with Gasteiger partial charge in [0.25, 0.3) is 0 Å². The molecular formula is C12H17N3O2S. The number of imidazole rings is 1. The maximum Gasteiger partial charge on any atom is 0.179 e. The van der Waals surface area contributed by atoms with E-state index < -0.39 is 9.84 Å². The van der Waals surface area contributed by atoms with Gasteiger partial charge in [-0.25, -0.2) is 13.4 Å². The van der Waals surface area contributed by atoms with Crippen LogP contribution in [0.3, 0.4) is 0 Å². The minimum absolute atomic E-state index is 0.0980. The Labute approximate surface area is 107 Å². The molecule has 0 fully saturated rings. The van der Waals surface area contributed by atoms with Crippen molar-refractivity contribution in [3.05, 3.63) is 24.0 Å². The molecule has 0 aliphatic heterocycles. The Morgan fingerprint density at radius 3 is 2.78 bits per heavy atom. The molecule has 0 aliphatic carbocycles. The number of nitrogens with zero attached hydrogens (tertiary/aromatic N) is 2. The minimum Gasteiger partial charge on any atom is -0.331 e. The minimum atomic E-state index is -3.23. The largest absolute Gasteiger partial charge is 0.331 e. The molecule has 1 aromatic heterocycles. The maximum atomic E-state index is 12.1. The molecule has 0 bridgehead atoms. The lowest BCUT2D eigenvalue weighted by atomic mass is 10.3. The van der Waals surface area contributed by atoms with Gasteiger partial charge in [0.15, 0.2) is 9.84 Å². The van der Waals surface area contributed by atoms with Crippen LogP contribution in [0.2, 0.25) is 0 Å². The Hall–Kier alpha value is -1.40. The molecule has 1 aromatic carbocycles. The average Bonchev–Trinajstić information content (AvgIpc) is 2.62. The zero-order valence-corrected chi connectivity index (χ0v) is 11.6. The van der Waals surface area contributed by atoms with Gasteiger partial charge in [-0.3, -0.25) is 0 Å². The van der Waals surface area contributed by atoms with Crippen LogP contribution >= 0.6 is 0 Å². The lowest BCUT2D eigenvalue weighted by Gasteiger charge is -2.04. The summed E-state index contributed by atoms with van der Waals surface area (Å²) >= 11 is 0. The molecule has 18 heavy (non-hydrogen) atoms. The van der Waals surface area contributed by atoms with Crippen LogP contribution in [-0.4, -0.2) is 37.3 Å². The Morgan fingerprint density at radius 1 is 1.39 bits per heavy atom. The van der Waals surface area contributed by atoms with Gasteiger partial charge in [-0.15, -0.1) is 0 Å². The summed E-state index contributed by atoms with van der Waals surface area (Å²) in [6.45, 7) is 2.34. The zero-order chi connectivity index (χ0) is 13.3. The van der Waals surface area contributed by atoms with Crippen LogP contribution in [0.5, 0.6) is 0 Å². The van der Waals surface area contributed by atoms with Crippen molar-refractivity contribution >= 4 is 20.9 Å². The van der Waals surface area contributed by atoms with Crippen LogP contribution in [0, 0.1) is 6.92 Å². The highest BCUT2D eigenvalue weighted by Crippen LogP contribution is 2.20. The predicted molar refractivity (Wildman–Crippen MR) is 71.4 cm³/mol. The topological polar surface area (TPSA) is 64.0 Å². The molecule has 0 saturated carbocycles. The third-order valence-corrected chi connectivity index (χ3v) is 4.77. The molecule has 6 heteroatoms. The fourth-order valence-electron chi connectivity index (χ4n) is 1.85. The van der Waals surface area contributed by atoms with Gasteiger partial charge in [-0.05, 0) is 32.2 Å². The van der Waals surface area contributed by atoms with Crippen molar-refractivity contribution in [3.8, 4) is 0 Å². The van der Waals surface area contributed by atoms with Crippen LogP contribution in [0.1, 0.15) is 5.82 Å². The third-order valence-electron chi connectivity index (χ3n) is 3.06. The molecule has 2 aromatic rings. The van der Waals surface area contributed by atoms with Gasteiger partial charge >= 0.3 is 0 Å². The molecule has 0 radical (unpaired) electrons. The first kappa shape index (κ1) is 13.0. The number of aromatic nitrogens is 2. The molecule has 0 atom stereocenters. The number of hydrogen-bond donors (Lipinski definition) is 1. The van der Waals surface area contributed by atoms with Crippen molar-refractivity contribution in [1.82, 2.24) is 14.9 Å². The highest BCUT2D eigenvalue weighted by atomic mass is 32.2. The normalized spacial score (nSPS) is 12.2. The van der Waals surface area contributed by atoms with E-state index >= 15 is 0 Å². The van der Waals surface area contributed by atoms with Gasteiger partial charge in [0.1, 0.15) is 5.82 Å². The first-order valence-electron chi connectivity index (χ1n) is 5.76. The number of rotatable bonds is 4. The summed E-state index contributed by atoms with van der Waals surface area (Å²) < 4.78 is 26.0. The first-order chi connectivity index (χ1) is 8.45. The Morgan fingerprint density at radius 2 is 2.11 bits per heavy atom. The highest BCUT2D eigenvalue weighted by Gasteiger charge is 2.15. The second kappa shape index (κ2) is 4.70. The lowest BCUT2D eigenvalue weighted by Crippen LogP contribution is -2.19. The number of benzene rings is 1. The van der Waals surface area contributed by atoms with Crippen LogP contribution < -0.4 is 5.32 Å². The molecule has 0 aliphatic rings. The van der Waals surface area contributed by atoms with Gasteiger partial charge in [-0.1, -0.05) is 0 Å². The van der Waals surface area contributed by atoms with E-state index in [1.807, 2.05) is 24.6 Å². The van der Waals surface area contributed by atoms with Crippen molar-refractivity contribution < 1.29 is 8.42 Å². The first-order valence-corrected chi connectivity index (χ1v) is 7.41. The maximum absolute atomic E-state index is 12.1. The molecule has 0 unspecified atom stereocenters. The summed E-state index contributed by atoms with van der Waals surface area (Å²) in [5.74, 6) is 0.968. The SMILES string of the molecule is CNCCS(=O)(=O)c1ccc2c(c1)nc(C)n2C. The summed E-state index contributed by atoms with van der Waals surface area (Å²) in [7, 11) is 0.424. The number of hydrogen-bond acceptors (Lipinski definition) is 4. The second-order valence-electron chi connectivity index (χ2n) is 4.29. The fourth-order valence-corrected chi connectivity index (χ4v) is 3.12. The smallest absolute Gasteiger partial charge is 0.179 e. The number of fused-ring (bicyclic) bond motifs is 1. The summed E-state index contributed by atoms with van der Waals surface area (Å²) in [6.07, 6.45) is 0. The molecule has 1 N–H and O–H groups in total. The quantitative estimate of drug-likeness (QED) is 0.893. The van der Waals surface area contributed by atoms with E-state index in [2.05, 4.69) is 10.3 Å². The van der Waals surface area contributed by atoms with E-state index in [9.17, 15) is 8.42 Å². The van der Waals surface area contributed by atoms with Gasteiger partial charge in [0, 0.05) is 13.6 Å². The average molecular weight is 267 g/mol. The predicted octanol–water partition coefficient (Wildman–Crippen LogP) is 0.875. The fraction of sp³-hybridized carbons (Fsp3) is 0.417. The molecular weight excluding hydrogens is 250 g/mol. The molecule has 2 rings (SSSR count). The van der Waals surface area contributed by atoms with Gasteiger partial charge in [0.05, 0.1) is 21.7 Å². The Bertz CT molecular complexity index is 674. The molecule has 5 nitrogen and oxygen atoms in total. The summed E-state index contributed by atoms with van der Waals surface area (Å²) in [4.78, 5) is 4.69. The van der Waals surface area contributed by atoms with Crippen LogP contribution in [0.25, 0.3) is 11.0 Å². The third kappa shape index (κ3) is 2.26. The monoisotopic (exact) mass is 267 g/mol. The second-order valence-corrected chi connectivity index (χ2v) is 6.40. The van der Waals surface area contributed by atoms with Crippen LogP contribution in [0.4, 0.5) is 0 Å². The van der Waals surface area contributed by atoms with E-state index in [1.54, 1.807) is 19.2 Å². The standard InChI is InChI=1S/C12H17N3O2S/c1-9-14-11-8-10(4-5-12(11)15(9)3)18(16,17)7-6-13-2/h4-5,8,13H,6-7H2,1-3H3. The van der Waals surface area contributed by atoms with E-state index in [4.69, 9.17) is 0 Å². The molecule has 1 heterocycles. The summed E-state index contributed by atoms with van der Waals surface area (Å²) in [5, 5.41) is 2.85. The summed E-state index contributed by atoms with van der Waals surface area (Å²) in [5.41, 5.74) is 1.67. The van der Waals surface area contributed by atoms with Gasteiger partial charge in [-0.2, -0.15) is 0 Å². The van der Waals surface area contributed by atoms with Crippen molar-refractivity contribution in [1.29, 1.82) is 0 Å². The molecule has 0 saturated heterocycles.